The molecule has 3 rings (SSSR count). The number of piperidine rings is 1. The molecule has 148 valence electrons. The lowest BCUT2D eigenvalue weighted by Crippen LogP contribution is -2.45. The maximum Gasteiger partial charge on any atom is 0.253 e. The van der Waals surface area contributed by atoms with Crippen LogP contribution >= 0.6 is 15.9 Å². The summed E-state index contributed by atoms with van der Waals surface area (Å²) in [5.74, 6) is 0.108. The number of benzene rings is 2. The molecule has 2 amide bonds. The van der Waals surface area contributed by atoms with Crippen LogP contribution in [0.2, 0.25) is 0 Å². The molecule has 2 aromatic carbocycles. The van der Waals surface area contributed by atoms with Gasteiger partial charge >= 0.3 is 0 Å². The summed E-state index contributed by atoms with van der Waals surface area (Å²) in [6, 6.07) is 17.7. The fourth-order valence-electron chi connectivity index (χ4n) is 3.56. The van der Waals surface area contributed by atoms with E-state index in [-0.39, 0.29) is 23.1 Å². The van der Waals surface area contributed by atoms with Crippen LogP contribution in [0.25, 0.3) is 0 Å². The van der Waals surface area contributed by atoms with E-state index < -0.39 is 0 Å². The lowest BCUT2D eigenvalue weighted by Gasteiger charge is -2.32. The van der Waals surface area contributed by atoms with E-state index in [2.05, 4.69) is 47.2 Å². The van der Waals surface area contributed by atoms with Crippen LogP contribution < -0.4 is 5.32 Å². The van der Waals surface area contributed by atoms with E-state index in [1.165, 1.54) is 5.56 Å². The number of nitrogens with zero attached hydrogens (tertiary/aromatic N) is 1. The summed E-state index contributed by atoms with van der Waals surface area (Å²) in [5, 5.41) is 3.13. The van der Waals surface area contributed by atoms with E-state index in [4.69, 9.17) is 0 Å². The molecular formula is C23H27BrN2O2. The predicted molar refractivity (Wildman–Crippen MR) is 115 cm³/mol. The molecule has 0 spiro atoms. The molecule has 0 aliphatic carbocycles. The summed E-state index contributed by atoms with van der Waals surface area (Å²) in [4.78, 5) is 27.1. The normalized spacial score (nSPS) is 15.3. The lowest BCUT2D eigenvalue weighted by molar-refractivity contribution is -0.126. The fourth-order valence-corrected chi connectivity index (χ4v) is 3.83. The highest BCUT2D eigenvalue weighted by Gasteiger charge is 2.29. The van der Waals surface area contributed by atoms with Gasteiger partial charge in [-0.15, -0.1) is 0 Å². The molecule has 1 fully saturated rings. The van der Waals surface area contributed by atoms with E-state index in [0.717, 1.165) is 4.47 Å². The smallest absolute Gasteiger partial charge is 0.253 e. The van der Waals surface area contributed by atoms with E-state index in [1.807, 2.05) is 47.4 Å². The molecule has 4 nitrogen and oxygen atoms in total. The molecule has 1 aliphatic rings. The van der Waals surface area contributed by atoms with E-state index >= 15 is 0 Å². The zero-order chi connectivity index (χ0) is 20.1. The minimum Gasteiger partial charge on any atom is -0.355 e. The Morgan fingerprint density at radius 3 is 2.25 bits per heavy atom. The van der Waals surface area contributed by atoms with Gasteiger partial charge in [-0.05, 0) is 42.7 Å². The molecule has 1 saturated heterocycles. The summed E-state index contributed by atoms with van der Waals surface area (Å²) in [6.07, 6.45) is 1.42. The van der Waals surface area contributed by atoms with Gasteiger partial charge in [0, 0.05) is 41.0 Å². The number of likely N-dealkylation sites (tertiary alicyclic amines) is 1. The first-order valence-corrected chi connectivity index (χ1v) is 10.5. The van der Waals surface area contributed by atoms with Crippen molar-refractivity contribution in [3.63, 3.8) is 0 Å². The first-order chi connectivity index (χ1) is 13.4. The number of nitrogens with one attached hydrogen (secondary N) is 1. The van der Waals surface area contributed by atoms with Crippen LogP contribution in [-0.2, 0) is 10.2 Å². The van der Waals surface area contributed by atoms with Crippen LogP contribution in [0.1, 0.15) is 42.6 Å². The number of rotatable bonds is 5. The third-order valence-corrected chi connectivity index (χ3v) is 6.03. The van der Waals surface area contributed by atoms with Crippen LogP contribution in [0.15, 0.2) is 59.1 Å². The summed E-state index contributed by atoms with van der Waals surface area (Å²) < 4.78 is 0.956. The van der Waals surface area contributed by atoms with Gasteiger partial charge in [0.05, 0.1) is 0 Å². The molecule has 0 saturated carbocycles. The van der Waals surface area contributed by atoms with Gasteiger partial charge in [-0.1, -0.05) is 60.1 Å². The highest BCUT2D eigenvalue weighted by atomic mass is 79.9. The molecule has 2 aromatic rings. The third kappa shape index (κ3) is 5.02. The molecule has 0 aromatic heterocycles. The number of amides is 2. The third-order valence-electron chi connectivity index (χ3n) is 5.50. The minimum absolute atomic E-state index is 0.0273. The van der Waals surface area contributed by atoms with Crippen LogP contribution in [0.4, 0.5) is 0 Å². The zero-order valence-corrected chi connectivity index (χ0v) is 18.0. The van der Waals surface area contributed by atoms with E-state index in [1.54, 1.807) is 0 Å². The highest BCUT2D eigenvalue weighted by molar-refractivity contribution is 9.10. The quantitative estimate of drug-likeness (QED) is 0.745. The Kier molecular flexibility index (Phi) is 6.55. The molecule has 0 bridgehead atoms. The van der Waals surface area contributed by atoms with Gasteiger partial charge in [-0.3, -0.25) is 9.59 Å². The number of hydrogen-bond acceptors (Lipinski definition) is 2. The summed E-state index contributed by atoms with van der Waals surface area (Å²) in [5.41, 5.74) is 1.79. The lowest BCUT2D eigenvalue weighted by atomic mass is 9.84. The van der Waals surface area contributed by atoms with Crippen molar-refractivity contribution in [2.45, 2.75) is 32.1 Å². The first-order valence-electron chi connectivity index (χ1n) is 9.75. The highest BCUT2D eigenvalue weighted by Crippen LogP contribution is 2.23. The van der Waals surface area contributed by atoms with E-state index in [0.29, 0.717) is 38.0 Å². The Morgan fingerprint density at radius 1 is 1.04 bits per heavy atom. The molecule has 0 atom stereocenters. The van der Waals surface area contributed by atoms with Crippen molar-refractivity contribution >= 4 is 27.7 Å². The van der Waals surface area contributed by atoms with Gasteiger partial charge in [-0.2, -0.15) is 0 Å². The van der Waals surface area contributed by atoms with Gasteiger partial charge in [0.2, 0.25) is 5.91 Å². The van der Waals surface area contributed by atoms with Gasteiger partial charge in [-0.25, -0.2) is 0 Å². The standard InChI is InChI=1S/C23H27BrN2O2/c1-23(2,19-6-4-3-5-7-19)16-25-21(27)17-12-14-26(15-13-17)22(28)18-8-10-20(24)11-9-18/h3-11,17H,12-16H2,1-2H3,(H,25,27). The van der Waals surface area contributed by atoms with Crippen LogP contribution in [0, 0.1) is 5.92 Å². The Labute approximate surface area is 175 Å². The molecule has 5 heteroatoms. The van der Waals surface area contributed by atoms with Crippen molar-refractivity contribution in [1.82, 2.24) is 10.2 Å². The maximum absolute atomic E-state index is 12.6. The average Bonchev–Trinajstić information content (AvgIpc) is 2.73. The Bertz CT molecular complexity index is 810. The Balaban J connectivity index is 1.50. The number of halogens is 1. The largest absolute Gasteiger partial charge is 0.355 e. The number of hydrogen-bond donors (Lipinski definition) is 1. The second-order valence-electron chi connectivity index (χ2n) is 8.04. The van der Waals surface area contributed by atoms with Gasteiger partial charge < -0.3 is 10.2 Å². The average molecular weight is 443 g/mol. The van der Waals surface area contributed by atoms with Crippen molar-refractivity contribution in [3.05, 3.63) is 70.2 Å². The number of carbonyl (C=O) groups excluding carboxylic acids is 2. The first kappa shape index (κ1) is 20.6. The Hall–Kier alpha value is -2.14. The Morgan fingerprint density at radius 2 is 1.64 bits per heavy atom. The van der Waals surface area contributed by atoms with Crippen molar-refractivity contribution in [1.29, 1.82) is 0 Å². The molecule has 28 heavy (non-hydrogen) atoms. The van der Waals surface area contributed by atoms with Crippen molar-refractivity contribution in [2.24, 2.45) is 5.92 Å². The van der Waals surface area contributed by atoms with Crippen LogP contribution in [-0.4, -0.2) is 36.3 Å². The zero-order valence-electron chi connectivity index (χ0n) is 16.5. The molecule has 0 radical (unpaired) electrons. The maximum atomic E-state index is 12.6. The molecule has 1 aliphatic heterocycles. The van der Waals surface area contributed by atoms with Crippen molar-refractivity contribution in [2.75, 3.05) is 19.6 Å². The summed E-state index contributed by atoms with van der Waals surface area (Å²) in [7, 11) is 0. The van der Waals surface area contributed by atoms with E-state index in [9.17, 15) is 9.59 Å². The molecule has 0 unspecified atom stereocenters. The SMILES string of the molecule is CC(C)(CNC(=O)C1CCN(C(=O)c2ccc(Br)cc2)CC1)c1ccccc1. The molecular weight excluding hydrogens is 416 g/mol. The topological polar surface area (TPSA) is 49.4 Å². The minimum atomic E-state index is -0.116. The monoisotopic (exact) mass is 442 g/mol. The van der Waals surface area contributed by atoms with Crippen molar-refractivity contribution < 1.29 is 9.59 Å². The number of carbonyl (C=O) groups is 2. The fraction of sp³-hybridized carbons (Fsp3) is 0.391. The van der Waals surface area contributed by atoms with Crippen LogP contribution in [0.5, 0.6) is 0 Å². The van der Waals surface area contributed by atoms with Gasteiger partial charge in [0.25, 0.3) is 5.91 Å². The summed E-state index contributed by atoms with van der Waals surface area (Å²) >= 11 is 3.39. The van der Waals surface area contributed by atoms with Crippen molar-refractivity contribution in [3.8, 4) is 0 Å². The van der Waals surface area contributed by atoms with Gasteiger partial charge in [0.15, 0.2) is 0 Å². The summed E-state index contributed by atoms with van der Waals surface area (Å²) in [6.45, 7) is 6.13. The predicted octanol–water partition coefficient (Wildman–Crippen LogP) is 4.40. The molecule has 1 heterocycles. The van der Waals surface area contributed by atoms with Gasteiger partial charge in [0.1, 0.15) is 0 Å². The molecule has 1 N–H and O–H groups in total. The van der Waals surface area contributed by atoms with Crippen LogP contribution in [0.3, 0.4) is 0 Å². The second-order valence-corrected chi connectivity index (χ2v) is 8.96. The second kappa shape index (κ2) is 8.91.